The van der Waals surface area contributed by atoms with E-state index in [0.717, 1.165) is 44.0 Å². The maximum absolute atomic E-state index is 11.0. The number of hydrogen-bond acceptors (Lipinski definition) is 27. The molecule has 508 valence electrons. The molecule has 8 atom stereocenters. The molecule has 0 fully saturated rings. The van der Waals surface area contributed by atoms with Gasteiger partial charge in [-0.1, -0.05) is 40.0 Å². The van der Waals surface area contributed by atoms with Crippen molar-refractivity contribution in [1.82, 2.24) is 14.7 Å². The van der Waals surface area contributed by atoms with Crippen LogP contribution >= 0.6 is 0 Å². The van der Waals surface area contributed by atoms with Crippen molar-refractivity contribution < 1.29 is 116 Å². The van der Waals surface area contributed by atoms with Crippen LogP contribution in [-0.4, -0.2) is 323 Å². The van der Waals surface area contributed by atoms with Gasteiger partial charge in [-0.25, -0.2) is 14.4 Å². The van der Waals surface area contributed by atoms with Crippen LogP contribution in [0.2, 0.25) is 0 Å². The quantitative estimate of drug-likeness (QED) is 0.0210. The predicted molar refractivity (Wildman–Crippen MR) is 320 cm³/mol. The summed E-state index contributed by atoms with van der Waals surface area (Å²) in [7, 11) is 3.65. The second kappa shape index (κ2) is 62.9. The summed E-state index contributed by atoms with van der Waals surface area (Å²) >= 11 is 0. The number of carbonyl (C=O) groups excluding carboxylic acids is 4. The molecule has 0 amide bonds. The first kappa shape index (κ1) is 86.5. The van der Waals surface area contributed by atoms with E-state index in [-0.39, 0.29) is 96.5 Å². The van der Waals surface area contributed by atoms with Crippen molar-refractivity contribution in [2.45, 2.75) is 116 Å². The highest BCUT2D eigenvalue weighted by Crippen LogP contribution is 2.06. The molecule has 0 radical (unpaired) electrons. The highest BCUT2D eigenvalue weighted by atomic mass is 16.6. The summed E-state index contributed by atoms with van der Waals surface area (Å²) in [5.74, 6) is -1.61. The average Bonchev–Trinajstić information content (AvgIpc) is 3.51. The number of ether oxygens (including phenoxy) is 14. The lowest BCUT2D eigenvalue weighted by Gasteiger charge is -2.28. The van der Waals surface area contributed by atoms with Crippen molar-refractivity contribution in [2.24, 2.45) is 0 Å². The SMILES string of the molecule is C=CC(=O)OCCOCCOCCOC(=O)C=C.C=CC(=O)OCCOCCOCCOC(=O)CCC.CCCCN(CC(O)COCC(C)OCC(C)OCC(O)CN(C)CCO)CC(O)COC(C)COC(C)COCC(O)CN(C)CCO. The summed E-state index contributed by atoms with van der Waals surface area (Å²) in [6.45, 7) is 30.2. The van der Waals surface area contributed by atoms with Gasteiger partial charge in [0.15, 0.2) is 0 Å². The molecule has 27 nitrogen and oxygen atoms in total. The second-order valence-corrected chi connectivity index (χ2v) is 19.9. The summed E-state index contributed by atoms with van der Waals surface area (Å²) in [6.07, 6.45) is 2.79. The van der Waals surface area contributed by atoms with Gasteiger partial charge in [0, 0.05) is 63.9 Å². The Hall–Kier alpha value is -3.66. The van der Waals surface area contributed by atoms with E-state index in [9.17, 15) is 39.6 Å². The van der Waals surface area contributed by atoms with Crippen LogP contribution in [0.3, 0.4) is 0 Å². The summed E-state index contributed by atoms with van der Waals surface area (Å²) in [5, 5.41) is 59.3. The Kier molecular flexibility index (Phi) is 63.3. The predicted octanol–water partition coefficient (Wildman–Crippen LogP) is 0.604. The highest BCUT2D eigenvalue weighted by Gasteiger charge is 2.19. The normalized spacial score (nSPS) is 14.1. The molecular weight excluding hydrogens is 1130 g/mol. The number of carbonyl (C=O) groups is 4. The average molecular weight is 1250 g/mol. The van der Waals surface area contributed by atoms with Crippen LogP contribution in [0.4, 0.5) is 0 Å². The Morgan fingerprint density at radius 3 is 1.07 bits per heavy atom. The van der Waals surface area contributed by atoms with Crippen LogP contribution in [0.5, 0.6) is 0 Å². The Labute approximate surface area is 512 Å². The van der Waals surface area contributed by atoms with Crippen LogP contribution in [0.15, 0.2) is 38.0 Å². The van der Waals surface area contributed by atoms with E-state index in [1.165, 1.54) is 0 Å². The van der Waals surface area contributed by atoms with Gasteiger partial charge >= 0.3 is 23.9 Å². The molecule has 27 heteroatoms. The fourth-order valence-corrected chi connectivity index (χ4v) is 6.69. The van der Waals surface area contributed by atoms with Crippen LogP contribution < -0.4 is 0 Å². The van der Waals surface area contributed by atoms with Gasteiger partial charge in [0.2, 0.25) is 0 Å². The molecule has 0 aromatic carbocycles. The highest BCUT2D eigenvalue weighted by molar-refractivity contribution is 5.81. The number of aliphatic hydroxyl groups excluding tert-OH is 6. The number of rotatable bonds is 58. The standard InChI is InChI=1S/C34H73N3O12.C13H22O6.C12H18O6/c1-8-9-10-37(17-33(42)24-45-20-28(3)46-21-29(4)48-25-32(41)16-36(7)12-14-39)18-34(43)26-49-30(5)22-47-27(2)19-44-23-31(40)15-35(6)11-13-38;1-3-5-13(15)19-11-9-17-7-6-16-8-10-18-12(14)4-2;1-3-11(13)17-9-7-15-5-6-16-8-10-18-12(14)4-2/h27-34,38-43H,8-26H2,1-7H3;4H,2-3,5-11H2,1H3;3-4H,1-2,5-10H2. The van der Waals surface area contributed by atoms with Crippen molar-refractivity contribution in [3.05, 3.63) is 38.0 Å². The van der Waals surface area contributed by atoms with E-state index in [1.54, 1.807) is 0 Å². The fourth-order valence-electron chi connectivity index (χ4n) is 6.69. The maximum Gasteiger partial charge on any atom is 0.330 e. The molecule has 0 bridgehead atoms. The summed E-state index contributed by atoms with van der Waals surface area (Å²) in [6, 6.07) is 0. The van der Waals surface area contributed by atoms with Gasteiger partial charge in [-0.15, -0.1) is 0 Å². The zero-order valence-electron chi connectivity index (χ0n) is 53.2. The Bertz CT molecular complexity index is 1580. The molecule has 0 heterocycles. The minimum Gasteiger partial charge on any atom is -0.463 e. The van der Waals surface area contributed by atoms with Crippen molar-refractivity contribution in [3.8, 4) is 0 Å². The third-order valence-corrected chi connectivity index (χ3v) is 11.1. The van der Waals surface area contributed by atoms with Crippen LogP contribution in [0.1, 0.15) is 67.2 Å². The number of aliphatic hydroxyl groups is 6. The summed E-state index contributed by atoms with van der Waals surface area (Å²) < 4.78 is 73.9. The van der Waals surface area contributed by atoms with Gasteiger partial charge in [-0.2, -0.15) is 0 Å². The number of nitrogens with zero attached hydrogens (tertiary/aromatic N) is 3. The Morgan fingerprint density at radius 1 is 0.407 bits per heavy atom. The van der Waals surface area contributed by atoms with Gasteiger partial charge in [0.05, 0.1) is 168 Å². The molecule has 6 N–H and O–H groups in total. The molecule has 0 aliphatic rings. The first-order valence-corrected chi connectivity index (χ1v) is 29.7. The molecule has 8 unspecified atom stereocenters. The fraction of sp³-hybridized carbons (Fsp3) is 0.831. The van der Waals surface area contributed by atoms with Gasteiger partial charge in [0.25, 0.3) is 0 Å². The zero-order valence-corrected chi connectivity index (χ0v) is 53.2. The lowest BCUT2D eigenvalue weighted by molar-refractivity contribution is -0.145. The van der Waals surface area contributed by atoms with E-state index >= 15 is 0 Å². The monoisotopic (exact) mass is 1250 g/mol. The van der Waals surface area contributed by atoms with Crippen LogP contribution in [0, 0.1) is 0 Å². The number of unbranched alkanes of at least 4 members (excludes halogenated alkanes) is 1. The van der Waals surface area contributed by atoms with Gasteiger partial charge in [-0.3, -0.25) is 9.69 Å². The molecule has 0 aliphatic carbocycles. The molecule has 0 aromatic rings. The zero-order chi connectivity index (χ0) is 65.0. The van der Waals surface area contributed by atoms with E-state index in [1.807, 2.05) is 63.4 Å². The third kappa shape index (κ3) is 63.4. The first-order chi connectivity index (χ1) is 41.2. The van der Waals surface area contributed by atoms with Crippen molar-refractivity contribution in [2.75, 3.05) is 205 Å². The molecule has 86 heavy (non-hydrogen) atoms. The van der Waals surface area contributed by atoms with Crippen LogP contribution in [-0.2, 0) is 85.5 Å². The van der Waals surface area contributed by atoms with E-state index in [4.69, 9.17) is 67.1 Å². The molecule has 0 saturated carbocycles. The maximum atomic E-state index is 11.0. The topological polar surface area (TPSA) is 329 Å². The van der Waals surface area contributed by atoms with Crippen LogP contribution in [0.25, 0.3) is 0 Å². The van der Waals surface area contributed by atoms with Crippen molar-refractivity contribution >= 4 is 23.9 Å². The Balaban J connectivity index is -0.00000151. The number of likely N-dealkylation sites (N-methyl/N-ethyl adjacent to an activating group) is 2. The number of hydrogen-bond donors (Lipinski definition) is 6. The molecule has 0 aromatic heterocycles. The Morgan fingerprint density at radius 2 is 0.721 bits per heavy atom. The van der Waals surface area contributed by atoms with Crippen molar-refractivity contribution in [1.29, 1.82) is 0 Å². The summed E-state index contributed by atoms with van der Waals surface area (Å²) in [4.78, 5) is 48.6. The van der Waals surface area contributed by atoms with Gasteiger partial charge in [-0.05, 0) is 61.2 Å². The molecule has 0 saturated heterocycles. The number of esters is 4. The molecule has 0 aliphatic heterocycles. The second-order valence-electron chi connectivity index (χ2n) is 19.9. The smallest absolute Gasteiger partial charge is 0.330 e. The first-order valence-electron chi connectivity index (χ1n) is 29.7. The lowest BCUT2D eigenvalue weighted by Crippen LogP contribution is -2.42. The van der Waals surface area contributed by atoms with E-state index in [2.05, 4.69) is 36.1 Å². The van der Waals surface area contributed by atoms with E-state index in [0.29, 0.717) is 125 Å². The minimum atomic E-state index is -0.737. The minimum absolute atomic E-state index is 0.0395. The lowest BCUT2D eigenvalue weighted by atomic mass is 10.2. The largest absolute Gasteiger partial charge is 0.463 e. The molecular formula is C59H113N3O24. The van der Waals surface area contributed by atoms with E-state index < -0.39 is 42.3 Å². The van der Waals surface area contributed by atoms with Gasteiger partial charge < -0.3 is 107 Å². The van der Waals surface area contributed by atoms with Gasteiger partial charge in [0.1, 0.15) is 26.4 Å². The molecule has 0 rings (SSSR count). The molecule has 0 spiro atoms. The summed E-state index contributed by atoms with van der Waals surface area (Å²) in [5.41, 5.74) is 0. The van der Waals surface area contributed by atoms with Crippen molar-refractivity contribution in [3.63, 3.8) is 0 Å². The third-order valence-electron chi connectivity index (χ3n) is 11.1.